The molecule has 0 aliphatic carbocycles. The Morgan fingerprint density at radius 1 is 0.879 bits per heavy atom. The van der Waals surface area contributed by atoms with Gasteiger partial charge >= 0.3 is 0 Å². The number of nitrogens with zero attached hydrogens (tertiary/aromatic N) is 2. The Kier molecular flexibility index (Phi) is 6.50. The number of hydrazine groups is 1. The molecule has 0 saturated carbocycles. The van der Waals surface area contributed by atoms with Gasteiger partial charge in [-0.3, -0.25) is 20.4 Å². The van der Waals surface area contributed by atoms with Gasteiger partial charge in [0.1, 0.15) is 5.75 Å². The lowest BCUT2D eigenvalue weighted by molar-refractivity contribution is -0.123. The number of amides is 2. The van der Waals surface area contributed by atoms with E-state index in [9.17, 15) is 9.59 Å². The van der Waals surface area contributed by atoms with Gasteiger partial charge in [-0.1, -0.05) is 48.5 Å². The minimum Gasteiger partial charge on any atom is -0.483 e. The monoisotopic (exact) mass is 440 g/mol. The summed E-state index contributed by atoms with van der Waals surface area (Å²) in [6, 6.07) is 26.2. The molecule has 0 atom stereocenters. The van der Waals surface area contributed by atoms with E-state index in [0.29, 0.717) is 11.3 Å². The molecule has 2 amide bonds. The molecule has 2 N–H and O–H groups in total. The molecular weight excluding hydrogens is 416 g/mol. The summed E-state index contributed by atoms with van der Waals surface area (Å²) in [6.07, 6.45) is 0. The minimum atomic E-state index is -0.467. The average molecular weight is 441 g/mol. The third-order valence-corrected chi connectivity index (χ3v) is 5.03. The van der Waals surface area contributed by atoms with Crippen molar-refractivity contribution < 1.29 is 14.3 Å². The van der Waals surface area contributed by atoms with Crippen LogP contribution in [-0.4, -0.2) is 28.2 Å². The van der Waals surface area contributed by atoms with E-state index in [-0.39, 0.29) is 6.61 Å². The van der Waals surface area contributed by atoms with Crippen LogP contribution in [0, 0.1) is 13.8 Å². The maximum atomic E-state index is 12.4. The van der Waals surface area contributed by atoms with E-state index >= 15 is 0 Å². The second kappa shape index (κ2) is 9.82. The Bertz CT molecular complexity index is 1260. The molecule has 1 aromatic heterocycles. The van der Waals surface area contributed by atoms with Crippen LogP contribution in [0.2, 0.25) is 0 Å². The Labute approximate surface area is 192 Å². The van der Waals surface area contributed by atoms with Gasteiger partial charge in [-0.05, 0) is 55.8 Å². The Morgan fingerprint density at radius 2 is 1.58 bits per heavy atom. The first-order chi connectivity index (χ1) is 16.0. The van der Waals surface area contributed by atoms with Crippen LogP contribution in [0.25, 0.3) is 16.8 Å². The molecule has 7 heteroatoms. The Balaban J connectivity index is 1.32. The highest BCUT2D eigenvalue weighted by atomic mass is 16.5. The zero-order chi connectivity index (χ0) is 23.2. The van der Waals surface area contributed by atoms with Crippen LogP contribution in [0.3, 0.4) is 0 Å². The zero-order valence-corrected chi connectivity index (χ0v) is 18.4. The van der Waals surface area contributed by atoms with Gasteiger partial charge < -0.3 is 4.74 Å². The third kappa shape index (κ3) is 5.27. The summed E-state index contributed by atoms with van der Waals surface area (Å²) in [6.45, 7) is 3.66. The number of benzene rings is 3. The predicted octanol–water partition coefficient (Wildman–Crippen LogP) is 4.00. The summed E-state index contributed by atoms with van der Waals surface area (Å²) < 4.78 is 7.51. The lowest BCUT2D eigenvalue weighted by Gasteiger charge is -2.12. The van der Waals surface area contributed by atoms with Crippen molar-refractivity contribution in [1.29, 1.82) is 0 Å². The Morgan fingerprint density at radius 3 is 2.27 bits per heavy atom. The van der Waals surface area contributed by atoms with Gasteiger partial charge in [0, 0.05) is 16.8 Å². The molecule has 0 aliphatic heterocycles. The zero-order valence-electron chi connectivity index (χ0n) is 18.4. The van der Waals surface area contributed by atoms with Crippen molar-refractivity contribution in [2.75, 3.05) is 6.61 Å². The lowest BCUT2D eigenvalue weighted by Crippen LogP contribution is -2.43. The first-order valence-electron chi connectivity index (χ1n) is 10.5. The van der Waals surface area contributed by atoms with E-state index in [1.807, 2.05) is 73.1 Å². The molecule has 0 bridgehead atoms. The fourth-order valence-electron chi connectivity index (χ4n) is 3.47. The van der Waals surface area contributed by atoms with Gasteiger partial charge in [0.25, 0.3) is 11.8 Å². The first kappa shape index (κ1) is 21.8. The molecule has 0 fully saturated rings. The lowest BCUT2D eigenvalue weighted by atomic mass is 10.1. The highest BCUT2D eigenvalue weighted by Crippen LogP contribution is 2.29. The third-order valence-electron chi connectivity index (χ3n) is 5.03. The number of aryl methyl sites for hydroxylation is 2. The summed E-state index contributed by atoms with van der Waals surface area (Å²) >= 11 is 0. The van der Waals surface area contributed by atoms with Crippen LogP contribution in [0.5, 0.6) is 5.75 Å². The van der Waals surface area contributed by atoms with Gasteiger partial charge in [0.2, 0.25) is 0 Å². The molecule has 166 valence electrons. The number of rotatable bonds is 6. The normalized spacial score (nSPS) is 10.5. The first-order valence-corrected chi connectivity index (χ1v) is 10.5. The summed E-state index contributed by atoms with van der Waals surface area (Å²) in [5.41, 5.74) is 9.87. The highest BCUT2D eigenvalue weighted by molar-refractivity contribution is 5.95. The molecule has 0 spiro atoms. The van der Waals surface area contributed by atoms with Crippen molar-refractivity contribution in [2.45, 2.75) is 13.8 Å². The molecule has 0 saturated heterocycles. The maximum absolute atomic E-state index is 12.4. The van der Waals surface area contributed by atoms with Crippen molar-refractivity contribution in [3.05, 3.63) is 102 Å². The average Bonchev–Trinajstić information content (AvgIpc) is 3.19. The molecule has 1 heterocycles. The largest absolute Gasteiger partial charge is 0.483 e. The van der Waals surface area contributed by atoms with E-state index in [4.69, 9.17) is 4.74 Å². The topological polar surface area (TPSA) is 85.2 Å². The number of carbonyl (C=O) groups excluding carboxylic acids is 2. The van der Waals surface area contributed by atoms with Crippen LogP contribution >= 0.6 is 0 Å². The summed E-state index contributed by atoms with van der Waals surface area (Å²) in [5.74, 6) is -0.302. The summed E-state index contributed by atoms with van der Waals surface area (Å²) in [5, 5.41) is 4.43. The van der Waals surface area contributed by atoms with Crippen LogP contribution in [-0.2, 0) is 4.79 Å². The van der Waals surface area contributed by atoms with Crippen molar-refractivity contribution in [2.24, 2.45) is 0 Å². The Hall–Kier alpha value is -4.39. The van der Waals surface area contributed by atoms with E-state index in [0.717, 1.165) is 28.2 Å². The number of para-hydroxylation sites is 1. The van der Waals surface area contributed by atoms with E-state index < -0.39 is 11.8 Å². The van der Waals surface area contributed by atoms with Crippen LogP contribution < -0.4 is 15.6 Å². The van der Waals surface area contributed by atoms with Gasteiger partial charge in [0.15, 0.2) is 6.61 Å². The van der Waals surface area contributed by atoms with Crippen molar-refractivity contribution >= 4 is 11.8 Å². The highest BCUT2D eigenvalue weighted by Gasteiger charge is 2.11. The molecule has 0 radical (unpaired) electrons. The molecular formula is C26H24N4O3. The number of ether oxygens (including phenoxy) is 1. The molecule has 7 nitrogen and oxygen atoms in total. The van der Waals surface area contributed by atoms with Crippen LogP contribution in [0.15, 0.2) is 84.9 Å². The van der Waals surface area contributed by atoms with Gasteiger partial charge in [-0.25, -0.2) is 4.68 Å². The van der Waals surface area contributed by atoms with Gasteiger partial charge in [0.05, 0.1) is 11.4 Å². The number of carbonyl (C=O) groups is 2. The quantitative estimate of drug-likeness (QED) is 0.444. The SMILES string of the molecule is Cc1cc(C)n(-c2ccc(C(=O)NNC(=O)COc3ccccc3-c3ccccc3)cc2)n1. The van der Waals surface area contributed by atoms with Gasteiger partial charge in [-0.15, -0.1) is 0 Å². The fourth-order valence-corrected chi connectivity index (χ4v) is 3.47. The molecule has 0 aliphatic rings. The van der Waals surface area contributed by atoms with Crippen molar-refractivity contribution in [3.63, 3.8) is 0 Å². The standard InChI is InChI=1S/C26H24N4O3/c1-18-16-19(2)30(29-18)22-14-12-21(13-15-22)26(32)28-27-25(31)17-33-24-11-7-6-10-23(24)20-8-4-3-5-9-20/h3-16H,17H2,1-2H3,(H,27,31)(H,28,32). The number of nitrogens with one attached hydrogen (secondary N) is 2. The van der Waals surface area contributed by atoms with Crippen molar-refractivity contribution in [1.82, 2.24) is 20.6 Å². The number of aromatic nitrogens is 2. The van der Waals surface area contributed by atoms with E-state index in [1.54, 1.807) is 30.3 Å². The second-order valence-electron chi connectivity index (χ2n) is 7.54. The summed E-state index contributed by atoms with van der Waals surface area (Å²) in [7, 11) is 0. The van der Waals surface area contributed by atoms with Crippen LogP contribution in [0.1, 0.15) is 21.7 Å². The molecule has 33 heavy (non-hydrogen) atoms. The smallest absolute Gasteiger partial charge is 0.276 e. The van der Waals surface area contributed by atoms with Crippen LogP contribution in [0.4, 0.5) is 0 Å². The fraction of sp³-hybridized carbons (Fsp3) is 0.115. The minimum absolute atomic E-state index is 0.235. The molecule has 4 aromatic rings. The van der Waals surface area contributed by atoms with Gasteiger partial charge in [-0.2, -0.15) is 5.10 Å². The number of hydrogen-bond donors (Lipinski definition) is 2. The molecule has 0 unspecified atom stereocenters. The van der Waals surface area contributed by atoms with E-state index in [2.05, 4.69) is 16.0 Å². The predicted molar refractivity (Wildman–Crippen MR) is 126 cm³/mol. The second-order valence-corrected chi connectivity index (χ2v) is 7.54. The summed E-state index contributed by atoms with van der Waals surface area (Å²) in [4.78, 5) is 24.6. The van der Waals surface area contributed by atoms with Crippen molar-refractivity contribution in [3.8, 4) is 22.6 Å². The number of hydrogen-bond acceptors (Lipinski definition) is 4. The molecule has 3 aromatic carbocycles. The molecule has 4 rings (SSSR count). The maximum Gasteiger partial charge on any atom is 0.276 e. The van der Waals surface area contributed by atoms with E-state index in [1.165, 1.54) is 0 Å².